The summed E-state index contributed by atoms with van der Waals surface area (Å²) >= 11 is 0. The number of ether oxygens (including phenoxy) is 4. The molecule has 0 saturated carbocycles. The number of fused-ring (bicyclic) bond motifs is 1. The fourth-order valence-electron chi connectivity index (χ4n) is 5.44. The van der Waals surface area contributed by atoms with Crippen molar-refractivity contribution < 1.29 is 42.9 Å². The molecule has 2 amide bonds. The summed E-state index contributed by atoms with van der Waals surface area (Å²) in [6.45, 7) is 9.51. The van der Waals surface area contributed by atoms with Gasteiger partial charge in [-0.05, 0) is 65.2 Å². The molecule has 2 atom stereocenters. The highest BCUT2D eigenvalue weighted by Gasteiger charge is 2.69. The van der Waals surface area contributed by atoms with Crippen LogP contribution in [-0.2, 0) is 50.0 Å². The zero-order valence-electron chi connectivity index (χ0n) is 24.7. The molecule has 10 nitrogen and oxygen atoms in total. The minimum absolute atomic E-state index is 0.111. The number of carbonyl (C=O) groups excluding carboxylic acids is 5. The molecule has 0 N–H and O–H groups in total. The van der Waals surface area contributed by atoms with Gasteiger partial charge in [-0.15, -0.1) is 0 Å². The molecule has 1 heterocycles. The molecule has 1 aliphatic rings. The van der Waals surface area contributed by atoms with E-state index in [1.165, 1.54) is 6.92 Å². The summed E-state index contributed by atoms with van der Waals surface area (Å²) in [6, 6.07) is 13.6. The second kappa shape index (κ2) is 11.7. The number of aryl methyl sites for hydroxylation is 1. The maximum Gasteiger partial charge on any atom is 0.421 e. The lowest BCUT2D eigenvalue weighted by Crippen LogP contribution is -2.61. The van der Waals surface area contributed by atoms with E-state index in [1.54, 1.807) is 64.1 Å². The molecule has 2 aromatic carbocycles. The van der Waals surface area contributed by atoms with E-state index in [1.807, 2.05) is 19.1 Å². The fraction of sp³-hybridized carbons (Fsp3) is 0.452. The number of benzene rings is 2. The van der Waals surface area contributed by atoms with E-state index in [4.69, 9.17) is 18.9 Å². The van der Waals surface area contributed by atoms with Crippen LogP contribution in [0.2, 0.25) is 0 Å². The second-order valence-corrected chi connectivity index (χ2v) is 11.1. The van der Waals surface area contributed by atoms with Crippen LogP contribution in [0.5, 0.6) is 0 Å². The highest BCUT2D eigenvalue weighted by Crippen LogP contribution is 2.55. The quantitative estimate of drug-likeness (QED) is 0.261. The third-order valence-corrected chi connectivity index (χ3v) is 7.20. The van der Waals surface area contributed by atoms with Crippen LogP contribution in [0.3, 0.4) is 0 Å². The Bertz CT molecular complexity index is 1330. The summed E-state index contributed by atoms with van der Waals surface area (Å²) < 4.78 is 21.1. The summed E-state index contributed by atoms with van der Waals surface area (Å²) in [4.78, 5) is 70.1. The maximum atomic E-state index is 14.8. The first kappa shape index (κ1) is 31.3. The minimum Gasteiger partial charge on any atom is -0.468 e. The Kier molecular flexibility index (Phi) is 8.95. The monoisotopic (exact) mass is 567 g/mol. The summed E-state index contributed by atoms with van der Waals surface area (Å²) in [5.41, 5.74) is -3.34. The molecule has 0 radical (unpaired) electrons. The molecule has 0 aliphatic carbocycles. The van der Waals surface area contributed by atoms with Gasteiger partial charge in [-0.3, -0.25) is 19.2 Å². The van der Waals surface area contributed by atoms with Crippen molar-refractivity contribution in [3.05, 3.63) is 65.2 Å². The lowest BCUT2D eigenvalue weighted by atomic mass is 9.57. The van der Waals surface area contributed by atoms with E-state index in [9.17, 15) is 24.0 Å². The van der Waals surface area contributed by atoms with Crippen molar-refractivity contribution in [2.45, 2.75) is 59.0 Å². The van der Waals surface area contributed by atoms with Crippen LogP contribution in [0.1, 0.15) is 51.3 Å². The SMILES string of the molecule is CCOC(=O)[C@@H](C(C)(C(=O)OC)C(=O)OC)[C@@]1(Cc2ccc(C)cc2)C(=O)N(C(=O)OC(C)(C)C)c2ccccc21. The number of hydrogen-bond donors (Lipinski definition) is 0. The molecular weight excluding hydrogens is 530 g/mol. The van der Waals surface area contributed by atoms with Crippen LogP contribution < -0.4 is 4.90 Å². The largest absolute Gasteiger partial charge is 0.468 e. The highest BCUT2D eigenvalue weighted by atomic mass is 16.6. The predicted molar refractivity (Wildman–Crippen MR) is 149 cm³/mol. The van der Waals surface area contributed by atoms with E-state index >= 15 is 0 Å². The Morgan fingerprint density at radius 3 is 1.98 bits per heavy atom. The van der Waals surface area contributed by atoms with Crippen LogP contribution in [0.15, 0.2) is 48.5 Å². The average molecular weight is 568 g/mol. The summed E-state index contributed by atoms with van der Waals surface area (Å²) in [6.07, 6.45) is -1.14. The smallest absolute Gasteiger partial charge is 0.421 e. The first-order chi connectivity index (χ1) is 19.2. The lowest BCUT2D eigenvalue weighted by Gasteiger charge is -2.42. The molecular formula is C31H37NO9. The van der Waals surface area contributed by atoms with E-state index < -0.39 is 52.3 Å². The van der Waals surface area contributed by atoms with Gasteiger partial charge in [-0.25, -0.2) is 9.69 Å². The fourth-order valence-corrected chi connectivity index (χ4v) is 5.44. The van der Waals surface area contributed by atoms with Gasteiger partial charge in [0.05, 0.1) is 31.9 Å². The van der Waals surface area contributed by atoms with Crippen LogP contribution in [0.25, 0.3) is 0 Å². The van der Waals surface area contributed by atoms with Crippen LogP contribution >= 0.6 is 0 Å². The highest BCUT2D eigenvalue weighted by molar-refractivity contribution is 6.23. The number of amides is 2. The number of hydrogen-bond acceptors (Lipinski definition) is 9. The predicted octanol–water partition coefficient (Wildman–Crippen LogP) is 4.29. The van der Waals surface area contributed by atoms with Gasteiger partial charge in [-0.1, -0.05) is 48.0 Å². The molecule has 0 bridgehead atoms. The van der Waals surface area contributed by atoms with E-state index in [0.29, 0.717) is 5.56 Å². The Labute approximate surface area is 239 Å². The molecule has 0 aromatic heterocycles. The zero-order chi connectivity index (χ0) is 30.8. The number of anilines is 1. The van der Waals surface area contributed by atoms with Crippen LogP contribution in [-0.4, -0.2) is 56.3 Å². The number of para-hydroxylation sites is 1. The molecule has 1 aliphatic heterocycles. The topological polar surface area (TPSA) is 126 Å². The van der Waals surface area contributed by atoms with Crippen LogP contribution in [0.4, 0.5) is 10.5 Å². The zero-order valence-corrected chi connectivity index (χ0v) is 24.7. The van der Waals surface area contributed by atoms with Gasteiger partial charge in [0.25, 0.3) is 0 Å². The summed E-state index contributed by atoms with van der Waals surface area (Å²) in [7, 11) is 2.13. The lowest BCUT2D eigenvalue weighted by molar-refractivity contribution is -0.184. The molecule has 3 rings (SSSR count). The third-order valence-electron chi connectivity index (χ3n) is 7.20. The van der Waals surface area contributed by atoms with E-state index in [-0.39, 0.29) is 24.3 Å². The number of carbonyl (C=O) groups is 5. The minimum atomic E-state index is -2.35. The molecule has 10 heteroatoms. The van der Waals surface area contributed by atoms with Gasteiger partial charge in [0.2, 0.25) is 5.91 Å². The first-order valence-corrected chi connectivity index (χ1v) is 13.2. The van der Waals surface area contributed by atoms with Gasteiger partial charge < -0.3 is 18.9 Å². The summed E-state index contributed by atoms with van der Waals surface area (Å²) in [5.74, 6) is -5.88. The van der Waals surface area contributed by atoms with E-state index in [2.05, 4.69) is 0 Å². The third kappa shape index (κ3) is 5.55. The standard InChI is InChI=1S/C31H37NO9/c1-9-40-24(33)23(30(6,26(35)38-7)27(36)39-8)31(18-20-16-14-19(2)15-17-20)21-12-10-11-13-22(21)32(25(31)34)28(37)41-29(3,4)5/h10-17,23H,9,18H2,1-8H3/t23-,31-/m0/s1. The number of methoxy groups -OCH3 is 2. The molecule has 2 aromatic rings. The van der Waals surface area contributed by atoms with Crippen molar-refractivity contribution in [3.63, 3.8) is 0 Å². The molecule has 0 spiro atoms. The summed E-state index contributed by atoms with van der Waals surface area (Å²) in [5, 5.41) is 0. The van der Waals surface area contributed by atoms with Crippen LogP contribution in [0, 0.1) is 18.3 Å². The average Bonchev–Trinajstić information content (AvgIpc) is 3.16. The number of esters is 3. The van der Waals surface area contributed by atoms with Crippen molar-refractivity contribution >= 4 is 35.6 Å². The molecule has 41 heavy (non-hydrogen) atoms. The van der Waals surface area contributed by atoms with Crippen molar-refractivity contribution in [3.8, 4) is 0 Å². The van der Waals surface area contributed by atoms with Crippen molar-refractivity contribution in [2.24, 2.45) is 11.3 Å². The number of rotatable bonds is 8. The van der Waals surface area contributed by atoms with Gasteiger partial charge in [-0.2, -0.15) is 0 Å². The van der Waals surface area contributed by atoms with Gasteiger partial charge >= 0.3 is 24.0 Å². The maximum absolute atomic E-state index is 14.8. The van der Waals surface area contributed by atoms with Gasteiger partial charge in [0, 0.05) is 0 Å². The Morgan fingerprint density at radius 2 is 1.46 bits per heavy atom. The molecule has 0 fully saturated rings. The first-order valence-electron chi connectivity index (χ1n) is 13.2. The number of nitrogens with zero attached hydrogens (tertiary/aromatic N) is 1. The van der Waals surface area contributed by atoms with E-state index in [0.717, 1.165) is 24.7 Å². The molecule has 0 unspecified atom stereocenters. The Morgan fingerprint density at radius 1 is 0.902 bits per heavy atom. The normalized spacial score (nSPS) is 17.4. The number of imide groups is 1. The van der Waals surface area contributed by atoms with Gasteiger partial charge in [0.1, 0.15) is 11.5 Å². The Hall–Kier alpha value is -4.21. The van der Waals surface area contributed by atoms with Crippen molar-refractivity contribution in [1.82, 2.24) is 0 Å². The second-order valence-electron chi connectivity index (χ2n) is 11.1. The van der Waals surface area contributed by atoms with Crippen molar-refractivity contribution in [1.29, 1.82) is 0 Å². The molecule has 0 saturated heterocycles. The molecule has 220 valence electrons. The van der Waals surface area contributed by atoms with Gasteiger partial charge in [0.15, 0.2) is 5.41 Å². The Balaban J connectivity index is 2.48. The van der Waals surface area contributed by atoms with Crippen molar-refractivity contribution in [2.75, 3.05) is 25.7 Å².